The van der Waals surface area contributed by atoms with Crippen LogP contribution in [0.2, 0.25) is 0 Å². The number of benzene rings is 2. The number of amides is 1. The number of ether oxygens (including phenoxy) is 1. The summed E-state index contributed by atoms with van der Waals surface area (Å²) in [4.78, 5) is 30.8. The minimum Gasteiger partial charge on any atom is -0.450 e. The van der Waals surface area contributed by atoms with Gasteiger partial charge in [0.2, 0.25) is 5.76 Å². The second-order valence-corrected chi connectivity index (χ2v) is 8.50. The van der Waals surface area contributed by atoms with Crippen LogP contribution < -0.4 is 5.43 Å². The molecule has 1 fully saturated rings. The third-order valence-electron chi connectivity index (χ3n) is 5.80. The highest BCUT2D eigenvalue weighted by Gasteiger charge is 2.42. The van der Waals surface area contributed by atoms with Crippen LogP contribution in [0.15, 0.2) is 62.2 Å². The Hall–Kier alpha value is -2.48. The van der Waals surface area contributed by atoms with Crippen LogP contribution in [0.25, 0.3) is 11.0 Å². The maximum atomic E-state index is 13.4. The first-order valence-corrected chi connectivity index (χ1v) is 10.8. The molecule has 0 bridgehead atoms. The Morgan fingerprint density at radius 1 is 1.00 bits per heavy atom. The summed E-state index contributed by atoms with van der Waals surface area (Å²) < 4.78 is 12.3. The lowest BCUT2D eigenvalue weighted by Gasteiger charge is -2.31. The Morgan fingerprint density at radius 2 is 1.80 bits per heavy atom. The molecule has 7 heteroatoms. The number of morpholine rings is 1. The number of fused-ring (bicyclic) bond motifs is 2. The van der Waals surface area contributed by atoms with E-state index in [2.05, 4.69) is 20.8 Å². The molecule has 2 aliphatic heterocycles. The molecule has 3 heterocycles. The summed E-state index contributed by atoms with van der Waals surface area (Å²) in [5.41, 5.74) is 1.62. The predicted octanol–water partition coefficient (Wildman–Crippen LogP) is 3.43. The van der Waals surface area contributed by atoms with E-state index in [1.165, 1.54) is 0 Å². The largest absolute Gasteiger partial charge is 0.450 e. The SMILES string of the molecule is O=C1c2oc3ccccc3c(=O)c2[C@H](c2cccc(Br)c2)N1CCN1CCOCC1. The van der Waals surface area contributed by atoms with Gasteiger partial charge in [-0.2, -0.15) is 0 Å². The lowest BCUT2D eigenvalue weighted by molar-refractivity contribution is 0.0314. The minimum atomic E-state index is -0.466. The summed E-state index contributed by atoms with van der Waals surface area (Å²) in [6.45, 7) is 4.33. The van der Waals surface area contributed by atoms with Gasteiger partial charge in [0.1, 0.15) is 5.58 Å². The summed E-state index contributed by atoms with van der Waals surface area (Å²) in [5.74, 6) is -0.0725. The Balaban J connectivity index is 1.60. The van der Waals surface area contributed by atoms with Crippen LogP contribution in [0.3, 0.4) is 0 Å². The highest BCUT2D eigenvalue weighted by molar-refractivity contribution is 9.10. The van der Waals surface area contributed by atoms with Crippen molar-refractivity contribution >= 4 is 32.8 Å². The quantitative estimate of drug-likeness (QED) is 0.586. The smallest absolute Gasteiger partial charge is 0.290 e. The molecular formula is C23H21BrN2O4. The molecular weight excluding hydrogens is 448 g/mol. The first kappa shape index (κ1) is 19.5. The van der Waals surface area contributed by atoms with Crippen LogP contribution >= 0.6 is 15.9 Å². The van der Waals surface area contributed by atoms with Crippen LogP contribution in [-0.4, -0.2) is 55.1 Å². The summed E-state index contributed by atoms with van der Waals surface area (Å²) >= 11 is 3.52. The van der Waals surface area contributed by atoms with E-state index in [9.17, 15) is 9.59 Å². The monoisotopic (exact) mass is 468 g/mol. The third-order valence-corrected chi connectivity index (χ3v) is 6.29. The summed E-state index contributed by atoms with van der Waals surface area (Å²) in [6, 6.07) is 14.4. The Kier molecular flexibility index (Phi) is 5.18. The van der Waals surface area contributed by atoms with Crippen LogP contribution in [0.1, 0.15) is 27.7 Å². The van der Waals surface area contributed by atoms with Gasteiger partial charge in [-0.05, 0) is 29.8 Å². The number of halogens is 1. The Morgan fingerprint density at radius 3 is 2.60 bits per heavy atom. The number of hydrogen-bond donors (Lipinski definition) is 0. The zero-order valence-corrected chi connectivity index (χ0v) is 17.9. The second-order valence-electron chi connectivity index (χ2n) is 7.58. The van der Waals surface area contributed by atoms with Crippen LogP contribution in [0, 0.1) is 0 Å². The zero-order chi connectivity index (χ0) is 20.7. The highest BCUT2D eigenvalue weighted by atomic mass is 79.9. The average Bonchev–Trinajstić information content (AvgIpc) is 3.05. The topological polar surface area (TPSA) is 63.0 Å². The highest BCUT2D eigenvalue weighted by Crippen LogP contribution is 2.38. The molecule has 30 heavy (non-hydrogen) atoms. The summed E-state index contributed by atoms with van der Waals surface area (Å²) in [7, 11) is 0. The van der Waals surface area contributed by atoms with Gasteiger partial charge in [-0.3, -0.25) is 14.5 Å². The van der Waals surface area contributed by atoms with E-state index in [0.717, 1.165) is 29.7 Å². The molecule has 1 atom stereocenters. The van der Waals surface area contributed by atoms with Gasteiger partial charge >= 0.3 is 0 Å². The molecule has 2 aliphatic rings. The molecule has 6 nitrogen and oxygen atoms in total. The summed E-state index contributed by atoms with van der Waals surface area (Å²) in [5, 5.41) is 0.499. The van der Waals surface area contributed by atoms with Gasteiger partial charge in [-0.25, -0.2) is 0 Å². The van der Waals surface area contributed by atoms with Crippen molar-refractivity contribution in [2.45, 2.75) is 6.04 Å². The van der Waals surface area contributed by atoms with E-state index < -0.39 is 6.04 Å². The van der Waals surface area contributed by atoms with Gasteiger partial charge in [0.25, 0.3) is 5.91 Å². The van der Waals surface area contributed by atoms with Crippen LogP contribution in [-0.2, 0) is 4.74 Å². The minimum absolute atomic E-state index is 0.140. The van der Waals surface area contributed by atoms with Crippen molar-refractivity contribution in [1.82, 2.24) is 9.80 Å². The molecule has 0 unspecified atom stereocenters. The van der Waals surface area contributed by atoms with Crippen LogP contribution in [0.5, 0.6) is 0 Å². The van der Waals surface area contributed by atoms with Crippen molar-refractivity contribution < 1.29 is 13.9 Å². The molecule has 0 N–H and O–H groups in total. The maximum Gasteiger partial charge on any atom is 0.290 e. The van der Waals surface area contributed by atoms with E-state index in [0.29, 0.717) is 36.3 Å². The van der Waals surface area contributed by atoms with Gasteiger partial charge < -0.3 is 14.1 Å². The fourth-order valence-corrected chi connectivity index (χ4v) is 4.71. The van der Waals surface area contributed by atoms with Crippen molar-refractivity contribution in [2.75, 3.05) is 39.4 Å². The van der Waals surface area contributed by atoms with E-state index >= 15 is 0 Å². The average molecular weight is 469 g/mol. The Bertz CT molecular complexity index is 1170. The molecule has 154 valence electrons. The van der Waals surface area contributed by atoms with Gasteiger partial charge in [0.05, 0.1) is 30.2 Å². The molecule has 0 saturated carbocycles. The fraction of sp³-hybridized carbons (Fsp3) is 0.304. The van der Waals surface area contributed by atoms with E-state index in [1.807, 2.05) is 30.3 Å². The van der Waals surface area contributed by atoms with Gasteiger partial charge in [-0.1, -0.05) is 40.2 Å². The van der Waals surface area contributed by atoms with E-state index in [1.54, 1.807) is 23.1 Å². The van der Waals surface area contributed by atoms with Crippen molar-refractivity contribution in [1.29, 1.82) is 0 Å². The van der Waals surface area contributed by atoms with Gasteiger partial charge in [0, 0.05) is 30.7 Å². The normalized spacial score (nSPS) is 19.4. The lowest BCUT2D eigenvalue weighted by Crippen LogP contribution is -2.42. The van der Waals surface area contributed by atoms with Gasteiger partial charge in [-0.15, -0.1) is 0 Å². The number of carbonyl (C=O) groups excluding carboxylic acids is 1. The van der Waals surface area contributed by atoms with Crippen molar-refractivity contribution in [2.24, 2.45) is 0 Å². The number of rotatable bonds is 4. The molecule has 0 spiro atoms. The third kappa shape index (κ3) is 3.37. The van der Waals surface area contributed by atoms with E-state index in [4.69, 9.17) is 9.15 Å². The van der Waals surface area contributed by atoms with Crippen LogP contribution in [0.4, 0.5) is 0 Å². The lowest BCUT2D eigenvalue weighted by atomic mass is 9.98. The summed E-state index contributed by atoms with van der Waals surface area (Å²) in [6.07, 6.45) is 0. The molecule has 1 aromatic heterocycles. The van der Waals surface area contributed by atoms with Crippen molar-refractivity contribution in [3.63, 3.8) is 0 Å². The second kappa shape index (κ2) is 7.98. The van der Waals surface area contributed by atoms with E-state index in [-0.39, 0.29) is 17.1 Å². The Labute approximate surface area is 182 Å². The number of carbonyl (C=O) groups is 1. The molecule has 1 saturated heterocycles. The first-order chi connectivity index (χ1) is 14.6. The molecule has 5 rings (SSSR count). The standard InChI is InChI=1S/C23H21BrN2O4/c24-16-5-3-4-15(14-16)20-19-21(27)17-6-1-2-7-18(17)30-22(19)23(28)26(20)9-8-25-10-12-29-13-11-25/h1-7,14,20H,8-13H2/t20-/m0/s1. The molecule has 3 aromatic rings. The zero-order valence-electron chi connectivity index (χ0n) is 16.3. The molecule has 2 aromatic carbocycles. The number of nitrogens with zero attached hydrogens (tertiary/aromatic N) is 2. The number of hydrogen-bond acceptors (Lipinski definition) is 5. The first-order valence-electron chi connectivity index (χ1n) is 10.1. The number of para-hydroxylation sites is 1. The molecule has 1 amide bonds. The fourth-order valence-electron chi connectivity index (χ4n) is 4.29. The predicted molar refractivity (Wildman–Crippen MR) is 117 cm³/mol. The molecule has 0 aliphatic carbocycles. The maximum absolute atomic E-state index is 13.4. The molecule has 0 radical (unpaired) electrons. The van der Waals surface area contributed by atoms with Crippen molar-refractivity contribution in [3.05, 3.63) is 80.1 Å². The van der Waals surface area contributed by atoms with Crippen molar-refractivity contribution in [3.8, 4) is 0 Å². The van der Waals surface area contributed by atoms with Gasteiger partial charge in [0.15, 0.2) is 5.43 Å².